The van der Waals surface area contributed by atoms with Gasteiger partial charge in [-0.2, -0.15) is 0 Å². The van der Waals surface area contributed by atoms with E-state index in [1.54, 1.807) is 12.1 Å². The molecule has 4 nitrogen and oxygen atoms in total. The molecule has 0 bridgehead atoms. The Bertz CT molecular complexity index is 800. The number of rotatable bonds is 5. The minimum absolute atomic E-state index is 0.111. The molecule has 0 fully saturated rings. The van der Waals surface area contributed by atoms with Crippen molar-refractivity contribution in [3.8, 4) is 22.6 Å². The summed E-state index contributed by atoms with van der Waals surface area (Å²) in [4.78, 5) is 15.2. The number of aliphatic carboxylic acids is 1. The van der Waals surface area contributed by atoms with Gasteiger partial charge in [0.1, 0.15) is 11.4 Å². The first kappa shape index (κ1) is 17.1. The molecule has 1 heterocycles. The van der Waals surface area contributed by atoms with Gasteiger partial charge in [-0.05, 0) is 36.4 Å². The molecule has 1 N–H and O–H groups in total. The minimum Gasteiger partial charge on any atom is -0.481 e. The Morgan fingerprint density at radius 3 is 2.38 bits per heavy atom. The first-order valence-corrected chi connectivity index (χ1v) is 9.06. The Hall–Kier alpha value is -1.76. The van der Waals surface area contributed by atoms with Crippen LogP contribution < -0.4 is 0 Å². The van der Waals surface area contributed by atoms with E-state index in [1.165, 1.54) is 0 Å². The van der Waals surface area contributed by atoms with E-state index in [2.05, 4.69) is 20.9 Å². The zero-order valence-corrected chi connectivity index (χ0v) is 15.4. The van der Waals surface area contributed by atoms with Crippen molar-refractivity contribution >= 4 is 45.3 Å². The van der Waals surface area contributed by atoms with Crippen LogP contribution in [0.25, 0.3) is 22.6 Å². The maximum Gasteiger partial charge on any atom is 0.314 e. The molecule has 0 saturated carbocycles. The molecular weight excluding hydrogens is 414 g/mol. The van der Waals surface area contributed by atoms with Gasteiger partial charge in [0.15, 0.2) is 5.76 Å². The maximum atomic E-state index is 10.8. The van der Waals surface area contributed by atoms with Crippen LogP contribution >= 0.6 is 39.3 Å². The average molecular weight is 425 g/mol. The Kier molecular flexibility index (Phi) is 5.28. The fraction of sp³-hybridized carbons (Fsp3) is 0.0588. The summed E-state index contributed by atoms with van der Waals surface area (Å²) < 4.78 is 6.77. The van der Waals surface area contributed by atoms with Gasteiger partial charge in [0, 0.05) is 20.6 Å². The van der Waals surface area contributed by atoms with Crippen LogP contribution in [-0.4, -0.2) is 21.8 Å². The summed E-state index contributed by atoms with van der Waals surface area (Å²) in [6.45, 7) is 0. The Morgan fingerprint density at radius 1 is 1.12 bits per heavy atom. The number of benzene rings is 2. The summed E-state index contributed by atoms with van der Waals surface area (Å²) >= 11 is 10.4. The first-order valence-electron chi connectivity index (χ1n) is 6.90. The predicted octanol–water partition coefficient (Wildman–Crippen LogP) is 5.60. The normalized spacial score (nSPS) is 10.8. The molecule has 0 atom stereocenters. The fourth-order valence-corrected chi connectivity index (χ4v) is 3.02. The molecule has 3 rings (SSSR count). The second-order valence-corrected chi connectivity index (χ2v) is 7.13. The molecule has 0 aliphatic carbocycles. The minimum atomic E-state index is -0.920. The highest BCUT2D eigenvalue weighted by Gasteiger charge is 2.18. The smallest absolute Gasteiger partial charge is 0.314 e. The monoisotopic (exact) mass is 423 g/mol. The predicted molar refractivity (Wildman–Crippen MR) is 98.4 cm³/mol. The van der Waals surface area contributed by atoms with Gasteiger partial charge >= 0.3 is 5.97 Å². The van der Waals surface area contributed by atoms with Gasteiger partial charge < -0.3 is 9.52 Å². The number of hydrogen-bond acceptors (Lipinski definition) is 4. The van der Waals surface area contributed by atoms with E-state index in [0.717, 1.165) is 27.4 Å². The van der Waals surface area contributed by atoms with Gasteiger partial charge in [0.05, 0.1) is 0 Å². The van der Waals surface area contributed by atoms with Crippen molar-refractivity contribution < 1.29 is 14.3 Å². The standard InChI is InChI=1S/C17H11BrClNO3S/c18-12-5-1-10(2-6-12)15-16(11-3-7-13(19)8-4-11)23-17(20-15)24-9-14(21)22/h1-8H,9H2,(H,21,22). The van der Waals surface area contributed by atoms with E-state index in [4.69, 9.17) is 21.1 Å². The lowest BCUT2D eigenvalue weighted by molar-refractivity contribution is -0.133. The topological polar surface area (TPSA) is 63.3 Å². The molecule has 7 heteroatoms. The second kappa shape index (κ2) is 7.42. The Morgan fingerprint density at radius 2 is 1.75 bits per heavy atom. The third-order valence-corrected chi connectivity index (χ3v) is 4.74. The fourth-order valence-electron chi connectivity index (χ4n) is 2.09. The number of carboxylic acid groups (broad SMARTS) is 1. The summed E-state index contributed by atoms with van der Waals surface area (Å²) in [6, 6.07) is 14.9. The van der Waals surface area contributed by atoms with Gasteiger partial charge in [-0.15, -0.1) is 0 Å². The summed E-state index contributed by atoms with van der Waals surface area (Å²) in [7, 11) is 0. The number of carbonyl (C=O) groups is 1. The molecule has 122 valence electrons. The molecule has 0 unspecified atom stereocenters. The lowest BCUT2D eigenvalue weighted by Gasteiger charge is -2.02. The van der Waals surface area contributed by atoms with Crippen molar-refractivity contribution in [1.29, 1.82) is 0 Å². The number of halogens is 2. The van der Waals surface area contributed by atoms with Crippen LogP contribution in [0.3, 0.4) is 0 Å². The molecule has 1 aromatic heterocycles. The largest absolute Gasteiger partial charge is 0.481 e. The quantitative estimate of drug-likeness (QED) is 0.540. The maximum absolute atomic E-state index is 10.8. The molecule has 24 heavy (non-hydrogen) atoms. The Balaban J connectivity index is 2.05. The number of carboxylic acids is 1. The summed E-state index contributed by atoms with van der Waals surface area (Å²) in [5, 5.41) is 9.78. The van der Waals surface area contributed by atoms with Gasteiger partial charge in [0.25, 0.3) is 5.22 Å². The number of thioether (sulfide) groups is 1. The van der Waals surface area contributed by atoms with Crippen molar-refractivity contribution in [1.82, 2.24) is 4.98 Å². The highest BCUT2D eigenvalue weighted by atomic mass is 79.9. The first-order chi connectivity index (χ1) is 11.5. The van der Waals surface area contributed by atoms with Crippen LogP contribution in [0.15, 0.2) is 62.6 Å². The summed E-state index contributed by atoms with van der Waals surface area (Å²) in [5.74, 6) is -0.446. The van der Waals surface area contributed by atoms with Gasteiger partial charge in [-0.1, -0.05) is 51.4 Å². The summed E-state index contributed by atoms with van der Waals surface area (Å²) in [5.41, 5.74) is 2.37. The molecule has 0 amide bonds. The number of aromatic nitrogens is 1. The third-order valence-electron chi connectivity index (χ3n) is 3.15. The van der Waals surface area contributed by atoms with Crippen molar-refractivity contribution in [3.05, 3.63) is 58.0 Å². The molecule has 0 aliphatic rings. The van der Waals surface area contributed by atoms with Crippen LogP contribution in [0.4, 0.5) is 0 Å². The van der Waals surface area contributed by atoms with Crippen LogP contribution in [0.1, 0.15) is 0 Å². The van der Waals surface area contributed by atoms with E-state index in [-0.39, 0.29) is 5.75 Å². The average Bonchev–Trinajstić information content (AvgIpc) is 2.98. The molecule has 0 saturated heterocycles. The van der Waals surface area contributed by atoms with E-state index in [0.29, 0.717) is 21.7 Å². The third kappa shape index (κ3) is 4.01. The van der Waals surface area contributed by atoms with Crippen LogP contribution in [0, 0.1) is 0 Å². The number of oxazole rings is 1. The van der Waals surface area contributed by atoms with Crippen LogP contribution in [0.2, 0.25) is 5.02 Å². The summed E-state index contributed by atoms with van der Waals surface area (Å²) in [6.07, 6.45) is 0. The zero-order valence-electron chi connectivity index (χ0n) is 12.2. The van der Waals surface area contributed by atoms with E-state index in [9.17, 15) is 4.79 Å². The SMILES string of the molecule is O=C(O)CSc1nc(-c2ccc(Br)cc2)c(-c2ccc(Cl)cc2)o1. The van der Waals surface area contributed by atoms with Gasteiger partial charge in [-0.3, -0.25) is 4.79 Å². The van der Waals surface area contributed by atoms with Crippen LogP contribution in [-0.2, 0) is 4.79 Å². The molecule has 0 spiro atoms. The highest BCUT2D eigenvalue weighted by molar-refractivity contribution is 9.10. The number of nitrogens with zero attached hydrogens (tertiary/aromatic N) is 1. The number of hydrogen-bond donors (Lipinski definition) is 1. The molecular formula is C17H11BrClNO3S. The molecule has 3 aromatic rings. The zero-order chi connectivity index (χ0) is 17.1. The second-order valence-electron chi connectivity index (χ2n) is 4.85. The lowest BCUT2D eigenvalue weighted by Crippen LogP contribution is -1.97. The van der Waals surface area contributed by atoms with Crippen LogP contribution in [0.5, 0.6) is 0 Å². The Labute approximate surface area is 156 Å². The van der Waals surface area contributed by atoms with Crippen molar-refractivity contribution in [2.24, 2.45) is 0 Å². The van der Waals surface area contributed by atoms with Crippen molar-refractivity contribution in [2.75, 3.05) is 5.75 Å². The molecule has 2 aromatic carbocycles. The highest BCUT2D eigenvalue weighted by Crippen LogP contribution is 2.36. The lowest BCUT2D eigenvalue weighted by atomic mass is 10.1. The molecule has 0 aliphatic heterocycles. The van der Waals surface area contributed by atoms with Gasteiger partial charge in [0.2, 0.25) is 0 Å². The molecule has 0 radical (unpaired) electrons. The van der Waals surface area contributed by atoms with E-state index in [1.807, 2.05) is 36.4 Å². The van der Waals surface area contributed by atoms with Crippen molar-refractivity contribution in [3.63, 3.8) is 0 Å². The van der Waals surface area contributed by atoms with E-state index < -0.39 is 5.97 Å². The van der Waals surface area contributed by atoms with Crippen molar-refractivity contribution in [2.45, 2.75) is 5.22 Å². The van der Waals surface area contributed by atoms with E-state index >= 15 is 0 Å². The van der Waals surface area contributed by atoms with Gasteiger partial charge in [-0.25, -0.2) is 4.98 Å².